The summed E-state index contributed by atoms with van der Waals surface area (Å²) in [6, 6.07) is 5.30. The fourth-order valence-corrected chi connectivity index (χ4v) is 2.75. The van der Waals surface area contributed by atoms with Gasteiger partial charge in [0.1, 0.15) is 0 Å². The molecule has 1 atom stereocenters. The zero-order valence-corrected chi connectivity index (χ0v) is 13.0. The summed E-state index contributed by atoms with van der Waals surface area (Å²) in [4.78, 5) is 10.4. The summed E-state index contributed by atoms with van der Waals surface area (Å²) in [5.41, 5.74) is 0.932. The molecular weight excluding hydrogens is 332 g/mol. The Morgan fingerprint density at radius 1 is 1.58 bits per heavy atom. The van der Waals surface area contributed by atoms with Gasteiger partial charge < -0.3 is 10.4 Å². The summed E-state index contributed by atoms with van der Waals surface area (Å²) in [5, 5.41) is 23.1. The molecule has 0 heterocycles. The number of nitro benzene ring substituents is 1. The quantitative estimate of drug-likeness (QED) is 0.557. The second kappa shape index (κ2) is 8.52. The van der Waals surface area contributed by atoms with E-state index in [1.165, 1.54) is 0 Å². The van der Waals surface area contributed by atoms with Crippen LogP contribution in [0.5, 0.6) is 0 Å². The summed E-state index contributed by atoms with van der Waals surface area (Å²) >= 11 is 4.87. The van der Waals surface area contributed by atoms with Crippen LogP contribution in [0.15, 0.2) is 22.7 Å². The van der Waals surface area contributed by atoms with Crippen molar-refractivity contribution in [3.63, 3.8) is 0 Å². The van der Waals surface area contributed by atoms with Crippen molar-refractivity contribution in [3.05, 3.63) is 38.3 Å². The monoisotopic (exact) mass is 348 g/mol. The minimum absolute atomic E-state index is 0.0721. The molecule has 0 amide bonds. The van der Waals surface area contributed by atoms with Crippen LogP contribution in [0.25, 0.3) is 0 Å². The van der Waals surface area contributed by atoms with E-state index in [9.17, 15) is 10.1 Å². The molecule has 1 rings (SSSR count). The Hall–Kier alpha value is -0.630. The lowest BCUT2D eigenvalue weighted by Gasteiger charge is -2.16. The van der Waals surface area contributed by atoms with Gasteiger partial charge in [-0.3, -0.25) is 10.1 Å². The van der Waals surface area contributed by atoms with Crippen LogP contribution in [0.3, 0.4) is 0 Å². The largest absolute Gasteiger partial charge is 0.396 e. The maximum atomic E-state index is 10.8. The Morgan fingerprint density at radius 2 is 2.32 bits per heavy atom. The maximum absolute atomic E-state index is 10.8. The van der Waals surface area contributed by atoms with Crippen LogP contribution in [0.4, 0.5) is 5.69 Å². The first-order valence-electron chi connectivity index (χ1n) is 5.84. The van der Waals surface area contributed by atoms with E-state index in [1.807, 2.05) is 12.3 Å². The highest BCUT2D eigenvalue weighted by molar-refractivity contribution is 9.10. The van der Waals surface area contributed by atoms with Gasteiger partial charge in [0.05, 0.1) is 9.40 Å². The molecule has 0 bridgehead atoms. The highest BCUT2D eigenvalue weighted by Crippen LogP contribution is 2.25. The van der Waals surface area contributed by atoms with Crippen molar-refractivity contribution in [3.8, 4) is 0 Å². The zero-order chi connectivity index (χ0) is 14.3. The van der Waals surface area contributed by atoms with Gasteiger partial charge in [0.15, 0.2) is 0 Å². The molecule has 0 saturated carbocycles. The number of hydrogen-bond donors (Lipinski definition) is 2. The van der Waals surface area contributed by atoms with Gasteiger partial charge in [-0.15, -0.1) is 0 Å². The predicted octanol–water partition coefficient (Wildman–Crippen LogP) is 2.56. The lowest BCUT2D eigenvalue weighted by atomic mass is 10.1. The number of aliphatic hydroxyl groups is 1. The SMILES string of the molecule is CSCC(CCO)NCc1ccc(Br)c([N+](=O)[O-])c1. The third-order valence-corrected chi connectivity index (χ3v) is 4.05. The third-order valence-electron chi connectivity index (χ3n) is 2.65. The van der Waals surface area contributed by atoms with Gasteiger partial charge in [-0.1, -0.05) is 6.07 Å². The number of hydrogen-bond acceptors (Lipinski definition) is 5. The number of rotatable bonds is 8. The van der Waals surface area contributed by atoms with E-state index in [1.54, 1.807) is 23.9 Å². The summed E-state index contributed by atoms with van der Waals surface area (Å²) in [7, 11) is 0. The predicted molar refractivity (Wildman–Crippen MR) is 81.5 cm³/mol. The van der Waals surface area contributed by atoms with Gasteiger partial charge in [0.2, 0.25) is 0 Å². The van der Waals surface area contributed by atoms with Crippen molar-refractivity contribution in [2.24, 2.45) is 0 Å². The minimum Gasteiger partial charge on any atom is -0.396 e. The van der Waals surface area contributed by atoms with Crippen molar-refractivity contribution < 1.29 is 10.0 Å². The molecule has 2 N–H and O–H groups in total. The Kier molecular flexibility index (Phi) is 7.37. The minimum atomic E-state index is -0.402. The van der Waals surface area contributed by atoms with E-state index in [0.29, 0.717) is 17.4 Å². The molecule has 0 aliphatic heterocycles. The van der Waals surface area contributed by atoms with E-state index < -0.39 is 4.92 Å². The van der Waals surface area contributed by atoms with Gasteiger partial charge >= 0.3 is 0 Å². The summed E-state index contributed by atoms with van der Waals surface area (Å²) < 4.78 is 0.484. The Bertz CT molecular complexity index is 425. The van der Waals surface area contributed by atoms with E-state index >= 15 is 0 Å². The second-order valence-electron chi connectivity index (χ2n) is 4.09. The summed E-state index contributed by atoms with van der Waals surface area (Å²) in [5.74, 6) is 0.902. The molecule has 1 aromatic carbocycles. The van der Waals surface area contributed by atoms with Crippen LogP contribution in [0.1, 0.15) is 12.0 Å². The van der Waals surface area contributed by atoms with Crippen LogP contribution in [0, 0.1) is 10.1 Å². The Labute approximate surface area is 125 Å². The average Bonchev–Trinajstić information content (AvgIpc) is 2.37. The zero-order valence-electron chi connectivity index (χ0n) is 10.6. The van der Waals surface area contributed by atoms with E-state index in [-0.39, 0.29) is 18.3 Å². The number of halogens is 1. The molecule has 7 heteroatoms. The molecule has 1 unspecified atom stereocenters. The highest BCUT2D eigenvalue weighted by atomic mass is 79.9. The van der Waals surface area contributed by atoms with Crippen molar-refractivity contribution in [2.45, 2.75) is 19.0 Å². The van der Waals surface area contributed by atoms with Crippen LogP contribution < -0.4 is 5.32 Å². The highest BCUT2D eigenvalue weighted by Gasteiger charge is 2.13. The van der Waals surface area contributed by atoms with Gasteiger partial charge in [0, 0.05) is 31.0 Å². The molecular formula is C12H17BrN2O3S. The molecule has 0 saturated heterocycles. The number of nitrogens with zero attached hydrogens (tertiary/aromatic N) is 1. The first-order chi connectivity index (χ1) is 9.08. The van der Waals surface area contributed by atoms with Crippen molar-refractivity contribution in [2.75, 3.05) is 18.6 Å². The van der Waals surface area contributed by atoms with Crippen molar-refractivity contribution in [1.82, 2.24) is 5.32 Å². The van der Waals surface area contributed by atoms with Crippen molar-refractivity contribution >= 4 is 33.4 Å². The topological polar surface area (TPSA) is 75.4 Å². The van der Waals surface area contributed by atoms with E-state index in [0.717, 1.165) is 11.3 Å². The fraction of sp³-hybridized carbons (Fsp3) is 0.500. The normalized spacial score (nSPS) is 12.4. The second-order valence-corrected chi connectivity index (χ2v) is 5.85. The van der Waals surface area contributed by atoms with Crippen LogP contribution in [0.2, 0.25) is 0 Å². The number of benzene rings is 1. The molecule has 0 aromatic heterocycles. The lowest BCUT2D eigenvalue weighted by Crippen LogP contribution is -2.31. The average molecular weight is 349 g/mol. The molecule has 0 aliphatic rings. The fourth-order valence-electron chi connectivity index (χ4n) is 1.67. The number of aliphatic hydroxyl groups excluding tert-OH is 1. The van der Waals surface area contributed by atoms with Crippen LogP contribution >= 0.6 is 27.7 Å². The smallest absolute Gasteiger partial charge is 0.283 e. The molecule has 5 nitrogen and oxygen atoms in total. The molecule has 106 valence electrons. The van der Waals surface area contributed by atoms with Gasteiger partial charge in [-0.25, -0.2) is 0 Å². The van der Waals surface area contributed by atoms with Gasteiger partial charge in [-0.2, -0.15) is 11.8 Å². The van der Waals surface area contributed by atoms with E-state index in [2.05, 4.69) is 21.2 Å². The first-order valence-corrected chi connectivity index (χ1v) is 8.03. The van der Waals surface area contributed by atoms with Gasteiger partial charge in [-0.05, 0) is 40.2 Å². The first kappa shape index (κ1) is 16.4. The molecule has 0 fully saturated rings. The van der Waals surface area contributed by atoms with Crippen LogP contribution in [-0.2, 0) is 6.54 Å². The Balaban J connectivity index is 2.66. The van der Waals surface area contributed by atoms with E-state index in [4.69, 9.17) is 5.11 Å². The third kappa shape index (κ3) is 5.48. The molecule has 1 aromatic rings. The number of nitro groups is 1. The molecule has 19 heavy (non-hydrogen) atoms. The number of thioether (sulfide) groups is 1. The summed E-state index contributed by atoms with van der Waals surface area (Å²) in [6.45, 7) is 0.693. The molecule has 0 aliphatic carbocycles. The summed E-state index contributed by atoms with van der Waals surface area (Å²) in [6.07, 6.45) is 2.69. The lowest BCUT2D eigenvalue weighted by molar-refractivity contribution is -0.385. The van der Waals surface area contributed by atoms with Crippen molar-refractivity contribution in [1.29, 1.82) is 0 Å². The molecule has 0 radical (unpaired) electrons. The standard InChI is InChI=1S/C12H17BrN2O3S/c1-19-8-10(4-5-16)14-7-9-2-3-11(13)12(6-9)15(17)18/h2-3,6,10,14,16H,4-5,7-8H2,1H3. The van der Waals surface area contributed by atoms with Gasteiger partial charge in [0.25, 0.3) is 5.69 Å². The number of nitrogens with one attached hydrogen (secondary N) is 1. The Morgan fingerprint density at radius 3 is 2.89 bits per heavy atom. The molecule has 0 spiro atoms. The van der Waals surface area contributed by atoms with Crippen LogP contribution in [-0.4, -0.2) is 34.7 Å². The maximum Gasteiger partial charge on any atom is 0.283 e.